The van der Waals surface area contributed by atoms with Crippen molar-refractivity contribution in [1.29, 1.82) is 0 Å². The number of nitrogens with zero attached hydrogens (tertiary/aromatic N) is 2. The Hall–Kier alpha value is -2.62. The minimum atomic E-state index is 0.225. The van der Waals surface area contributed by atoms with Gasteiger partial charge in [-0.2, -0.15) is 0 Å². The maximum atomic E-state index is 10.7. The van der Waals surface area contributed by atoms with E-state index in [4.69, 9.17) is 0 Å². The van der Waals surface area contributed by atoms with E-state index in [0.29, 0.717) is 5.56 Å². The van der Waals surface area contributed by atoms with Crippen molar-refractivity contribution in [3.8, 4) is 17.1 Å². The summed E-state index contributed by atoms with van der Waals surface area (Å²) in [7, 11) is 0. The van der Waals surface area contributed by atoms with Gasteiger partial charge in [0.25, 0.3) is 0 Å². The Morgan fingerprint density at radius 3 is 2.67 bits per heavy atom. The van der Waals surface area contributed by atoms with Crippen LogP contribution >= 0.6 is 0 Å². The van der Waals surface area contributed by atoms with Gasteiger partial charge in [-0.1, -0.05) is 0 Å². The van der Waals surface area contributed by atoms with E-state index in [0.717, 1.165) is 23.2 Å². The first-order valence-corrected chi connectivity index (χ1v) is 5.49. The quantitative estimate of drug-likeness (QED) is 0.698. The van der Waals surface area contributed by atoms with Crippen LogP contribution in [0.2, 0.25) is 0 Å². The van der Waals surface area contributed by atoms with Crippen molar-refractivity contribution >= 4 is 11.8 Å². The van der Waals surface area contributed by atoms with Crippen LogP contribution in [-0.2, 0) is 0 Å². The Morgan fingerprint density at radius 1 is 1.17 bits per heavy atom. The monoisotopic (exact) mass is 238 g/mol. The smallest absolute Gasteiger partial charge is 0.150 e. The normalized spacial score (nSPS) is 10.7. The fourth-order valence-electron chi connectivity index (χ4n) is 1.91. The number of pyridine rings is 1. The lowest BCUT2D eigenvalue weighted by molar-refractivity contribution is 0.112. The molecule has 0 aliphatic rings. The van der Waals surface area contributed by atoms with E-state index in [1.165, 1.54) is 0 Å². The van der Waals surface area contributed by atoms with E-state index in [-0.39, 0.29) is 5.75 Å². The Labute approximate surface area is 103 Å². The number of aldehydes is 1. The lowest BCUT2D eigenvalue weighted by Gasteiger charge is -2.02. The summed E-state index contributed by atoms with van der Waals surface area (Å²) in [5.41, 5.74) is 2.40. The predicted octanol–water partition coefficient (Wildman–Crippen LogP) is 2.52. The molecule has 0 atom stereocenters. The number of imidazole rings is 1. The molecule has 3 rings (SSSR count). The van der Waals surface area contributed by atoms with Crippen molar-refractivity contribution in [2.45, 2.75) is 0 Å². The van der Waals surface area contributed by atoms with Crippen molar-refractivity contribution in [2.24, 2.45) is 0 Å². The Bertz CT molecular complexity index is 714. The Morgan fingerprint density at radius 2 is 1.94 bits per heavy atom. The van der Waals surface area contributed by atoms with Crippen LogP contribution in [0.15, 0.2) is 48.8 Å². The number of carbonyl (C=O) groups excluding carboxylic acids is 1. The first-order chi connectivity index (χ1) is 8.78. The average molecular weight is 238 g/mol. The fraction of sp³-hybridized carbons (Fsp3) is 0. The van der Waals surface area contributed by atoms with Crippen LogP contribution in [0.25, 0.3) is 16.9 Å². The number of aromatic nitrogens is 2. The van der Waals surface area contributed by atoms with Crippen molar-refractivity contribution in [1.82, 2.24) is 9.38 Å². The van der Waals surface area contributed by atoms with Crippen LogP contribution in [0, 0.1) is 0 Å². The largest absolute Gasteiger partial charge is 0.508 e. The molecule has 88 valence electrons. The van der Waals surface area contributed by atoms with Gasteiger partial charge in [-0.05, 0) is 36.4 Å². The Balaban J connectivity index is 2.18. The molecule has 2 aromatic heterocycles. The standard InChI is InChI=1S/C14H10N2O2/c17-9-10-5-6-16-12(7-10)8-15-14(16)11-1-3-13(18)4-2-11/h1-9,18H. The van der Waals surface area contributed by atoms with Crippen LogP contribution in [0.5, 0.6) is 5.75 Å². The molecular weight excluding hydrogens is 228 g/mol. The van der Waals surface area contributed by atoms with E-state index in [2.05, 4.69) is 4.98 Å². The number of hydrogen-bond acceptors (Lipinski definition) is 3. The maximum Gasteiger partial charge on any atom is 0.150 e. The highest BCUT2D eigenvalue weighted by molar-refractivity contribution is 5.78. The molecule has 0 spiro atoms. The minimum absolute atomic E-state index is 0.225. The SMILES string of the molecule is O=Cc1ccn2c(-c3ccc(O)cc3)ncc2c1. The van der Waals surface area contributed by atoms with Gasteiger partial charge in [0.2, 0.25) is 0 Å². The maximum absolute atomic E-state index is 10.7. The molecule has 0 unspecified atom stereocenters. The molecule has 0 aliphatic heterocycles. The van der Waals surface area contributed by atoms with Gasteiger partial charge in [0, 0.05) is 17.3 Å². The summed E-state index contributed by atoms with van der Waals surface area (Å²) < 4.78 is 1.90. The van der Waals surface area contributed by atoms with Crippen molar-refractivity contribution in [3.63, 3.8) is 0 Å². The van der Waals surface area contributed by atoms with E-state index >= 15 is 0 Å². The molecule has 2 heterocycles. The molecule has 0 fully saturated rings. The van der Waals surface area contributed by atoms with Gasteiger partial charge in [0.15, 0.2) is 0 Å². The third kappa shape index (κ3) is 1.64. The molecule has 4 heteroatoms. The lowest BCUT2D eigenvalue weighted by atomic mass is 10.2. The Kier molecular flexibility index (Phi) is 2.34. The second-order valence-electron chi connectivity index (χ2n) is 4.00. The number of phenolic OH excluding ortho intramolecular Hbond substituents is 1. The van der Waals surface area contributed by atoms with Gasteiger partial charge in [-0.25, -0.2) is 4.98 Å². The molecular formula is C14H10N2O2. The number of rotatable bonds is 2. The molecule has 1 aromatic carbocycles. The van der Waals surface area contributed by atoms with Gasteiger partial charge in [0.05, 0.1) is 11.7 Å². The summed E-state index contributed by atoms with van der Waals surface area (Å²) in [6, 6.07) is 10.4. The molecule has 0 saturated carbocycles. The number of phenols is 1. The highest BCUT2D eigenvalue weighted by Crippen LogP contribution is 2.22. The zero-order valence-electron chi connectivity index (χ0n) is 9.45. The highest BCUT2D eigenvalue weighted by Gasteiger charge is 2.06. The van der Waals surface area contributed by atoms with Gasteiger partial charge in [-0.3, -0.25) is 9.20 Å². The molecule has 18 heavy (non-hydrogen) atoms. The van der Waals surface area contributed by atoms with Crippen molar-refractivity contribution < 1.29 is 9.90 Å². The average Bonchev–Trinajstić information content (AvgIpc) is 2.82. The van der Waals surface area contributed by atoms with Crippen LogP contribution in [0.3, 0.4) is 0 Å². The lowest BCUT2D eigenvalue weighted by Crippen LogP contribution is -1.90. The van der Waals surface area contributed by atoms with Crippen molar-refractivity contribution in [2.75, 3.05) is 0 Å². The van der Waals surface area contributed by atoms with E-state index in [1.807, 2.05) is 10.6 Å². The molecule has 1 N–H and O–H groups in total. The van der Waals surface area contributed by atoms with Gasteiger partial charge < -0.3 is 5.11 Å². The fourth-order valence-corrected chi connectivity index (χ4v) is 1.91. The second kappa shape index (κ2) is 4.00. The second-order valence-corrected chi connectivity index (χ2v) is 4.00. The number of benzene rings is 1. The van der Waals surface area contributed by atoms with E-state index in [1.54, 1.807) is 42.6 Å². The molecule has 0 amide bonds. The summed E-state index contributed by atoms with van der Waals surface area (Å²) in [5, 5.41) is 9.27. The van der Waals surface area contributed by atoms with Crippen LogP contribution in [-0.4, -0.2) is 20.8 Å². The van der Waals surface area contributed by atoms with Crippen LogP contribution in [0.4, 0.5) is 0 Å². The number of hydrogen-bond donors (Lipinski definition) is 1. The van der Waals surface area contributed by atoms with E-state index < -0.39 is 0 Å². The van der Waals surface area contributed by atoms with Gasteiger partial charge in [-0.15, -0.1) is 0 Å². The third-order valence-corrected chi connectivity index (χ3v) is 2.82. The zero-order valence-corrected chi connectivity index (χ0v) is 9.45. The summed E-state index contributed by atoms with van der Waals surface area (Å²) >= 11 is 0. The number of fused-ring (bicyclic) bond motifs is 1. The topological polar surface area (TPSA) is 54.6 Å². The first kappa shape index (κ1) is 10.5. The molecule has 4 nitrogen and oxygen atoms in total. The third-order valence-electron chi connectivity index (χ3n) is 2.82. The zero-order chi connectivity index (χ0) is 12.5. The van der Waals surface area contributed by atoms with Crippen LogP contribution < -0.4 is 0 Å². The summed E-state index contributed by atoms with van der Waals surface area (Å²) in [4.78, 5) is 15.0. The van der Waals surface area contributed by atoms with Gasteiger partial charge >= 0.3 is 0 Å². The first-order valence-electron chi connectivity index (χ1n) is 5.49. The summed E-state index contributed by atoms with van der Waals surface area (Å²) in [5.74, 6) is 1.00. The van der Waals surface area contributed by atoms with Crippen molar-refractivity contribution in [3.05, 3.63) is 54.4 Å². The summed E-state index contributed by atoms with van der Waals surface area (Å²) in [6.07, 6.45) is 4.34. The highest BCUT2D eigenvalue weighted by atomic mass is 16.3. The molecule has 3 aromatic rings. The van der Waals surface area contributed by atoms with E-state index in [9.17, 15) is 9.90 Å². The molecule has 0 radical (unpaired) electrons. The summed E-state index contributed by atoms with van der Waals surface area (Å²) in [6.45, 7) is 0. The number of aromatic hydroxyl groups is 1. The molecule has 0 saturated heterocycles. The molecule has 0 bridgehead atoms. The van der Waals surface area contributed by atoms with Crippen LogP contribution in [0.1, 0.15) is 10.4 Å². The van der Waals surface area contributed by atoms with Gasteiger partial charge in [0.1, 0.15) is 17.9 Å². The number of carbonyl (C=O) groups is 1. The molecule has 0 aliphatic carbocycles. The minimum Gasteiger partial charge on any atom is -0.508 e. The predicted molar refractivity (Wildman–Crippen MR) is 67.7 cm³/mol.